The molecule has 1 aliphatic heterocycles. The van der Waals surface area contributed by atoms with E-state index in [4.69, 9.17) is 4.42 Å². The van der Waals surface area contributed by atoms with Crippen molar-refractivity contribution >= 4 is 17.5 Å². The van der Waals surface area contributed by atoms with E-state index < -0.39 is 0 Å². The maximum atomic E-state index is 12.4. The van der Waals surface area contributed by atoms with Gasteiger partial charge in [0.1, 0.15) is 11.5 Å². The Hall–Kier alpha value is -3.42. The van der Waals surface area contributed by atoms with Gasteiger partial charge in [0, 0.05) is 50.5 Å². The molecule has 0 atom stereocenters. The minimum Gasteiger partial charge on any atom is -0.467 e. The van der Waals surface area contributed by atoms with Crippen molar-refractivity contribution in [3.63, 3.8) is 0 Å². The van der Waals surface area contributed by atoms with E-state index >= 15 is 0 Å². The van der Waals surface area contributed by atoms with E-state index in [2.05, 4.69) is 30.1 Å². The molecule has 1 amide bonds. The second kappa shape index (κ2) is 7.86. The molecule has 3 aromatic rings. The molecule has 3 aromatic heterocycles. The van der Waals surface area contributed by atoms with Crippen molar-refractivity contribution < 1.29 is 9.21 Å². The number of carbonyl (C=O) groups is 1. The van der Waals surface area contributed by atoms with Gasteiger partial charge in [0.25, 0.3) is 5.91 Å². The maximum absolute atomic E-state index is 12.4. The summed E-state index contributed by atoms with van der Waals surface area (Å²) in [5.41, 5.74) is 1.38. The zero-order valence-electron chi connectivity index (χ0n) is 14.8. The third kappa shape index (κ3) is 4.05. The Kier molecular flexibility index (Phi) is 4.95. The molecule has 1 fully saturated rings. The summed E-state index contributed by atoms with van der Waals surface area (Å²) in [7, 11) is 0. The molecule has 0 aliphatic carbocycles. The number of rotatable bonds is 5. The molecule has 0 aromatic carbocycles. The minimum atomic E-state index is -0.218. The van der Waals surface area contributed by atoms with Crippen molar-refractivity contribution in [1.29, 1.82) is 0 Å². The highest BCUT2D eigenvalue weighted by Gasteiger charge is 2.20. The molecular weight excluding hydrogens is 344 g/mol. The van der Waals surface area contributed by atoms with Gasteiger partial charge < -0.3 is 19.5 Å². The highest BCUT2D eigenvalue weighted by Crippen LogP contribution is 2.18. The van der Waals surface area contributed by atoms with Gasteiger partial charge in [0.15, 0.2) is 0 Å². The fourth-order valence-electron chi connectivity index (χ4n) is 3.03. The monoisotopic (exact) mass is 364 g/mol. The van der Waals surface area contributed by atoms with Gasteiger partial charge in [-0.2, -0.15) is 0 Å². The van der Waals surface area contributed by atoms with E-state index in [1.807, 2.05) is 24.3 Å². The highest BCUT2D eigenvalue weighted by atomic mass is 16.3. The third-order valence-electron chi connectivity index (χ3n) is 4.46. The topological polar surface area (TPSA) is 87.4 Å². The summed E-state index contributed by atoms with van der Waals surface area (Å²) in [5.74, 6) is 1.24. The van der Waals surface area contributed by atoms with Gasteiger partial charge in [-0.15, -0.1) is 0 Å². The van der Waals surface area contributed by atoms with Gasteiger partial charge in [0.05, 0.1) is 12.8 Å². The van der Waals surface area contributed by atoms with E-state index in [0.717, 1.165) is 37.8 Å². The van der Waals surface area contributed by atoms with Crippen molar-refractivity contribution in [3.8, 4) is 0 Å². The van der Waals surface area contributed by atoms with Crippen molar-refractivity contribution in [1.82, 2.24) is 20.3 Å². The summed E-state index contributed by atoms with van der Waals surface area (Å²) in [6, 6.07) is 9.18. The maximum Gasteiger partial charge on any atom is 0.270 e. The first-order chi connectivity index (χ1) is 13.3. The zero-order chi connectivity index (χ0) is 18.5. The summed E-state index contributed by atoms with van der Waals surface area (Å²) in [4.78, 5) is 29.6. The van der Waals surface area contributed by atoms with Crippen molar-refractivity contribution in [2.24, 2.45) is 0 Å². The highest BCUT2D eigenvalue weighted by molar-refractivity contribution is 5.93. The number of pyridine rings is 1. The van der Waals surface area contributed by atoms with Crippen LogP contribution in [0.15, 0.2) is 59.6 Å². The van der Waals surface area contributed by atoms with Crippen LogP contribution in [-0.2, 0) is 6.54 Å². The number of aromatic nitrogens is 3. The number of hydrogen-bond donors (Lipinski definition) is 1. The number of anilines is 2. The fraction of sp³-hybridized carbons (Fsp3) is 0.263. The van der Waals surface area contributed by atoms with Crippen LogP contribution in [0.1, 0.15) is 16.2 Å². The first-order valence-electron chi connectivity index (χ1n) is 8.83. The van der Waals surface area contributed by atoms with Crippen LogP contribution < -0.4 is 15.1 Å². The summed E-state index contributed by atoms with van der Waals surface area (Å²) < 4.78 is 5.23. The molecule has 27 heavy (non-hydrogen) atoms. The first-order valence-corrected chi connectivity index (χ1v) is 8.83. The van der Waals surface area contributed by atoms with Crippen LogP contribution in [-0.4, -0.2) is 47.0 Å². The van der Waals surface area contributed by atoms with Gasteiger partial charge in [0.2, 0.25) is 5.95 Å². The Morgan fingerprint density at radius 2 is 1.78 bits per heavy atom. The molecule has 138 valence electrons. The Bertz CT molecular complexity index is 876. The number of furan rings is 1. The molecule has 0 saturated carbocycles. The number of piperazine rings is 1. The smallest absolute Gasteiger partial charge is 0.270 e. The van der Waals surface area contributed by atoms with Crippen LogP contribution in [0.25, 0.3) is 0 Å². The lowest BCUT2D eigenvalue weighted by molar-refractivity contribution is 0.0943. The van der Waals surface area contributed by atoms with E-state index in [-0.39, 0.29) is 5.91 Å². The van der Waals surface area contributed by atoms with E-state index in [1.54, 1.807) is 30.9 Å². The van der Waals surface area contributed by atoms with E-state index in [1.165, 1.54) is 0 Å². The number of amides is 1. The molecule has 1 N–H and O–H groups in total. The summed E-state index contributed by atoms with van der Waals surface area (Å²) in [5, 5.41) is 2.82. The fourth-order valence-corrected chi connectivity index (χ4v) is 3.03. The van der Waals surface area contributed by atoms with Gasteiger partial charge in [-0.05, 0) is 30.3 Å². The van der Waals surface area contributed by atoms with Gasteiger partial charge >= 0.3 is 0 Å². The van der Waals surface area contributed by atoms with Crippen LogP contribution in [0.5, 0.6) is 0 Å². The average Bonchev–Trinajstić information content (AvgIpc) is 3.27. The Morgan fingerprint density at radius 1 is 1.00 bits per heavy atom. The molecule has 4 rings (SSSR count). The Labute approximate surface area is 156 Å². The predicted octanol–water partition coefficient (Wildman–Crippen LogP) is 1.72. The summed E-state index contributed by atoms with van der Waals surface area (Å²) >= 11 is 0. The van der Waals surface area contributed by atoms with E-state index in [0.29, 0.717) is 18.0 Å². The average molecular weight is 364 g/mol. The van der Waals surface area contributed by atoms with Gasteiger partial charge in [-0.25, -0.2) is 9.97 Å². The van der Waals surface area contributed by atoms with Crippen LogP contribution >= 0.6 is 0 Å². The van der Waals surface area contributed by atoms with E-state index in [9.17, 15) is 4.79 Å². The molecule has 4 heterocycles. The molecular formula is C19H20N6O2. The van der Waals surface area contributed by atoms with Gasteiger partial charge in [-0.1, -0.05) is 0 Å². The Balaban J connectivity index is 1.37. The lowest BCUT2D eigenvalue weighted by atomic mass is 10.2. The number of nitrogens with one attached hydrogen (secondary N) is 1. The molecule has 0 spiro atoms. The molecule has 8 nitrogen and oxygen atoms in total. The number of nitrogens with zero attached hydrogens (tertiary/aromatic N) is 5. The first kappa shape index (κ1) is 17.0. The lowest BCUT2D eigenvalue weighted by Crippen LogP contribution is -2.47. The molecule has 1 aliphatic rings. The van der Waals surface area contributed by atoms with Crippen LogP contribution in [0, 0.1) is 0 Å². The quantitative estimate of drug-likeness (QED) is 0.737. The molecule has 0 unspecified atom stereocenters. The predicted molar refractivity (Wildman–Crippen MR) is 101 cm³/mol. The van der Waals surface area contributed by atoms with Crippen LogP contribution in [0.2, 0.25) is 0 Å². The molecule has 0 radical (unpaired) electrons. The van der Waals surface area contributed by atoms with Gasteiger partial charge in [-0.3, -0.25) is 9.78 Å². The minimum absolute atomic E-state index is 0.218. The standard InChI is InChI=1S/C19H20N6O2/c26-18(23-14-16-3-1-12-27-16)17-13-15(4-7-20-17)24-8-10-25(11-9-24)19-21-5-2-6-22-19/h1-7,12-13H,8-11,14H2,(H,23,26). The van der Waals surface area contributed by atoms with Crippen molar-refractivity contribution in [2.45, 2.75) is 6.54 Å². The van der Waals surface area contributed by atoms with Crippen molar-refractivity contribution in [3.05, 3.63) is 66.6 Å². The summed E-state index contributed by atoms with van der Waals surface area (Å²) in [6.07, 6.45) is 6.76. The molecule has 1 saturated heterocycles. The zero-order valence-corrected chi connectivity index (χ0v) is 14.8. The molecule has 0 bridgehead atoms. The van der Waals surface area contributed by atoms with Crippen molar-refractivity contribution in [2.75, 3.05) is 36.0 Å². The van der Waals surface area contributed by atoms with Crippen LogP contribution in [0.4, 0.5) is 11.6 Å². The SMILES string of the molecule is O=C(NCc1ccco1)c1cc(N2CCN(c3ncccn3)CC2)ccn1. The second-order valence-corrected chi connectivity index (χ2v) is 6.18. The van der Waals surface area contributed by atoms with Crippen LogP contribution in [0.3, 0.4) is 0 Å². The number of hydrogen-bond acceptors (Lipinski definition) is 7. The largest absolute Gasteiger partial charge is 0.467 e. The molecule has 8 heteroatoms. The second-order valence-electron chi connectivity index (χ2n) is 6.18. The Morgan fingerprint density at radius 3 is 2.52 bits per heavy atom. The normalized spacial score (nSPS) is 14.2. The lowest BCUT2D eigenvalue weighted by Gasteiger charge is -2.36. The summed E-state index contributed by atoms with van der Waals surface area (Å²) in [6.45, 7) is 3.65. The third-order valence-corrected chi connectivity index (χ3v) is 4.46. The number of carbonyl (C=O) groups excluding carboxylic acids is 1.